The number of carbonyl (C=O) groups excluding carboxylic acids is 2. The summed E-state index contributed by atoms with van der Waals surface area (Å²) in [5.74, 6) is -0.310. The monoisotopic (exact) mass is 318 g/mol. The van der Waals surface area contributed by atoms with E-state index >= 15 is 0 Å². The third-order valence-electron chi connectivity index (χ3n) is 4.30. The highest BCUT2D eigenvalue weighted by atomic mass is 32.2. The number of hydrogen-bond donors (Lipinski definition) is 1. The van der Waals surface area contributed by atoms with E-state index in [4.69, 9.17) is 0 Å². The average Bonchev–Trinajstić information content (AvgIpc) is 2.52. The first-order valence-electron chi connectivity index (χ1n) is 7.18. The molecule has 1 rings (SSSR count). The Morgan fingerprint density at radius 1 is 1.24 bits per heavy atom. The molecule has 122 valence electrons. The number of imide groups is 1. The lowest BCUT2D eigenvalue weighted by Crippen LogP contribution is -2.54. The van der Waals surface area contributed by atoms with E-state index < -0.39 is 32.1 Å². The van der Waals surface area contributed by atoms with Crippen LogP contribution in [0.4, 0.5) is 4.79 Å². The van der Waals surface area contributed by atoms with E-state index in [0.717, 1.165) is 4.90 Å². The molecule has 1 saturated heterocycles. The maximum atomic E-state index is 12.5. The van der Waals surface area contributed by atoms with E-state index in [1.807, 2.05) is 20.8 Å². The zero-order chi connectivity index (χ0) is 16.6. The van der Waals surface area contributed by atoms with Crippen LogP contribution in [-0.4, -0.2) is 48.3 Å². The first-order chi connectivity index (χ1) is 9.33. The van der Waals surface area contributed by atoms with E-state index in [0.29, 0.717) is 0 Å². The van der Waals surface area contributed by atoms with Crippen LogP contribution in [0.3, 0.4) is 0 Å². The van der Waals surface area contributed by atoms with Crippen molar-refractivity contribution in [3.63, 3.8) is 0 Å². The molecule has 3 amide bonds. The van der Waals surface area contributed by atoms with Crippen LogP contribution in [0.1, 0.15) is 48.0 Å². The molecule has 0 bridgehead atoms. The van der Waals surface area contributed by atoms with Crippen LogP contribution in [0.5, 0.6) is 0 Å². The minimum absolute atomic E-state index is 0.0199. The number of urea groups is 1. The smallest absolute Gasteiger partial charge is 0.323 e. The molecule has 0 aromatic heterocycles. The van der Waals surface area contributed by atoms with Gasteiger partial charge >= 0.3 is 6.03 Å². The van der Waals surface area contributed by atoms with Crippen molar-refractivity contribution in [2.45, 2.75) is 58.8 Å². The molecule has 6 nitrogen and oxygen atoms in total. The minimum atomic E-state index is -3.15. The normalized spacial score (nSPS) is 23.9. The lowest BCUT2D eigenvalue weighted by Gasteiger charge is -2.35. The molecular weight excluding hydrogens is 292 g/mol. The van der Waals surface area contributed by atoms with E-state index in [1.165, 1.54) is 0 Å². The van der Waals surface area contributed by atoms with Crippen molar-refractivity contribution in [1.29, 1.82) is 0 Å². The van der Waals surface area contributed by atoms with Crippen molar-refractivity contribution >= 4 is 21.8 Å². The van der Waals surface area contributed by atoms with E-state index in [1.54, 1.807) is 20.8 Å². The zero-order valence-electron chi connectivity index (χ0n) is 13.7. The van der Waals surface area contributed by atoms with Crippen molar-refractivity contribution in [1.82, 2.24) is 10.2 Å². The standard InChI is InChI=1S/C14H26N2O4S/c1-10(2)21(19,20)9-7-8-16-11(17)14(6,13(3,4)5)15-12(16)18/h10H,7-9H2,1-6H3,(H,15,18)/t14-/m1/s1. The van der Waals surface area contributed by atoms with Gasteiger partial charge < -0.3 is 5.32 Å². The fourth-order valence-electron chi connectivity index (χ4n) is 2.07. The third kappa shape index (κ3) is 3.39. The van der Waals surface area contributed by atoms with Gasteiger partial charge in [-0.05, 0) is 32.6 Å². The van der Waals surface area contributed by atoms with Gasteiger partial charge in [-0.15, -0.1) is 0 Å². The predicted octanol–water partition coefficient (Wildman–Crippen LogP) is 1.56. The third-order valence-corrected chi connectivity index (χ3v) is 6.60. The Morgan fingerprint density at radius 2 is 1.76 bits per heavy atom. The molecule has 1 N–H and O–H groups in total. The van der Waals surface area contributed by atoms with Gasteiger partial charge in [-0.2, -0.15) is 0 Å². The average molecular weight is 318 g/mol. The van der Waals surface area contributed by atoms with Crippen LogP contribution in [0.2, 0.25) is 0 Å². The minimum Gasteiger partial charge on any atom is -0.323 e. The zero-order valence-corrected chi connectivity index (χ0v) is 14.5. The summed E-state index contributed by atoms with van der Waals surface area (Å²) in [7, 11) is -3.15. The highest BCUT2D eigenvalue weighted by Gasteiger charge is 2.54. The van der Waals surface area contributed by atoms with Crippen molar-refractivity contribution in [2.75, 3.05) is 12.3 Å². The number of rotatable bonds is 5. The molecule has 7 heteroatoms. The Morgan fingerprint density at radius 3 is 2.14 bits per heavy atom. The summed E-state index contributed by atoms with van der Waals surface area (Å²) in [6.07, 6.45) is 0.264. The summed E-state index contributed by atoms with van der Waals surface area (Å²) in [5, 5.41) is 2.28. The molecule has 21 heavy (non-hydrogen) atoms. The van der Waals surface area contributed by atoms with Gasteiger partial charge in [-0.1, -0.05) is 20.8 Å². The van der Waals surface area contributed by atoms with E-state index in [2.05, 4.69) is 5.32 Å². The number of carbonyl (C=O) groups is 2. The fraction of sp³-hybridized carbons (Fsp3) is 0.857. The first-order valence-corrected chi connectivity index (χ1v) is 8.90. The molecule has 0 radical (unpaired) electrons. The molecule has 1 fully saturated rings. The summed E-state index contributed by atoms with van der Waals surface area (Å²) in [6, 6.07) is -0.445. The highest BCUT2D eigenvalue weighted by molar-refractivity contribution is 7.91. The molecule has 0 saturated carbocycles. The van der Waals surface area contributed by atoms with Gasteiger partial charge in [-0.3, -0.25) is 9.69 Å². The van der Waals surface area contributed by atoms with E-state index in [-0.39, 0.29) is 24.6 Å². The topological polar surface area (TPSA) is 83.6 Å². The highest BCUT2D eigenvalue weighted by Crippen LogP contribution is 2.35. The Hall–Kier alpha value is -1.11. The molecule has 0 aromatic rings. The molecule has 1 aliphatic rings. The molecule has 0 unspecified atom stereocenters. The number of nitrogens with one attached hydrogen (secondary N) is 1. The number of hydrogen-bond acceptors (Lipinski definition) is 4. The van der Waals surface area contributed by atoms with Gasteiger partial charge in [0.15, 0.2) is 9.84 Å². The second-order valence-corrected chi connectivity index (χ2v) is 9.71. The van der Waals surface area contributed by atoms with Crippen molar-refractivity contribution < 1.29 is 18.0 Å². The quantitative estimate of drug-likeness (QED) is 0.780. The maximum Gasteiger partial charge on any atom is 0.325 e. The Kier molecular flexibility index (Phi) is 4.77. The Labute approximate surface area is 127 Å². The van der Waals surface area contributed by atoms with Gasteiger partial charge in [0.2, 0.25) is 0 Å². The molecule has 0 spiro atoms. The Balaban J connectivity index is 2.75. The van der Waals surface area contributed by atoms with E-state index in [9.17, 15) is 18.0 Å². The fourth-order valence-corrected chi connectivity index (χ4v) is 3.07. The summed E-state index contributed by atoms with van der Waals surface area (Å²) in [6.45, 7) is 10.7. The number of amides is 3. The van der Waals surface area contributed by atoms with Gasteiger partial charge in [0.25, 0.3) is 5.91 Å². The molecule has 1 atom stereocenters. The summed E-state index contributed by atoms with van der Waals surface area (Å²) >= 11 is 0. The lowest BCUT2D eigenvalue weighted by molar-refractivity contribution is -0.134. The molecule has 1 aliphatic heterocycles. The van der Waals surface area contributed by atoms with Crippen molar-refractivity contribution in [3.05, 3.63) is 0 Å². The maximum absolute atomic E-state index is 12.5. The number of nitrogens with zero attached hydrogens (tertiary/aromatic N) is 1. The molecule has 0 aliphatic carbocycles. The van der Waals surface area contributed by atoms with Crippen LogP contribution in [0, 0.1) is 5.41 Å². The lowest BCUT2D eigenvalue weighted by atomic mass is 9.75. The van der Waals surface area contributed by atoms with Crippen LogP contribution in [0.15, 0.2) is 0 Å². The molecule has 1 heterocycles. The van der Waals surface area contributed by atoms with Crippen LogP contribution < -0.4 is 5.32 Å². The first kappa shape index (κ1) is 17.9. The number of sulfone groups is 1. The summed E-state index contributed by atoms with van der Waals surface area (Å²) in [4.78, 5) is 25.6. The Bertz CT molecular complexity index is 534. The second-order valence-electron chi connectivity index (χ2n) is 7.03. The van der Waals surface area contributed by atoms with Gasteiger partial charge in [0.1, 0.15) is 5.54 Å². The molecule has 0 aromatic carbocycles. The van der Waals surface area contributed by atoms with Crippen LogP contribution in [0.25, 0.3) is 0 Å². The van der Waals surface area contributed by atoms with Crippen LogP contribution >= 0.6 is 0 Å². The van der Waals surface area contributed by atoms with Crippen LogP contribution in [-0.2, 0) is 14.6 Å². The van der Waals surface area contributed by atoms with Crippen molar-refractivity contribution in [3.8, 4) is 0 Å². The summed E-state index contributed by atoms with van der Waals surface area (Å²) in [5.41, 5.74) is -1.38. The predicted molar refractivity (Wildman–Crippen MR) is 81.6 cm³/mol. The van der Waals surface area contributed by atoms with Crippen molar-refractivity contribution in [2.24, 2.45) is 5.41 Å². The van der Waals surface area contributed by atoms with Gasteiger partial charge in [0.05, 0.1) is 11.0 Å². The SMILES string of the molecule is CC(C)S(=O)(=O)CCCN1C(=O)N[C@@](C)(C(C)(C)C)C1=O. The largest absolute Gasteiger partial charge is 0.325 e. The van der Waals surface area contributed by atoms with Gasteiger partial charge in [-0.25, -0.2) is 13.2 Å². The van der Waals surface area contributed by atoms with Gasteiger partial charge in [0, 0.05) is 6.54 Å². The molecular formula is C14H26N2O4S. The summed E-state index contributed by atoms with van der Waals surface area (Å²) < 4.78 is 23.5. The second kappa shape index (κ2) is 5.59.